The summed E-state index contributed by atoms with van der Waals surface area (Å²) in [5, 5.41) is 11.4. The summed E-state index contributed by atoms with van der Waals surface area (Å²) in [6.45, 7) is 4.68. The second kappa shape index (κ2) is 5.18. The maximum absolute atomic E-state index is 11.9. The van der Waals surface area contributed by atoms with Crippen LogP contribution in [0.1, 0.15) is 31.6 Å². The predicted octanol–water partition coefficient (Wildman–Crippen LogP) is 2.59. The number of aliphatic carboxylic acids is 1. The summed E-state index contributed by atoms with van der Waals surface area (Å²) in [5.41, 5.74) is -1.25. The molecule has 1 amide bonds. The second-order valence-electron chi connectivity index (χ2n) is 4.28. The third-order valence-corrected chi connectivity index (χ3v) is 4.19. The van der Waals surface area contributed by atoms with E-state index in [1.165, 1.54) is 25.2 Å². The lowest BCUT2D eigenvalue weighted by molar-refractivity contribution is -0.146. The molecule has 0 radical (unpaired) electrons. The second-order valence-corrected chi connectivity index (χ2v) is 6.78. The number of rotatable bonds is 4. The molecule has 0 fully saturated rings. The Kier molecular flexibility index (Phi) is 4.32. The highest BCUT2D eigenvalue weighted by atomic mass is 79.9. The highest BCUT2D eigenvalue weighted by molar-refractivity contribution is 9.11. The summed E-state index contributed by atoms with van der Waals surface area (Å²) in [5.74, 6) is -1.69. The van der Waals surface area contributed by atoms with E-state index in [4.69, 9.17) is 5.11 Å². The minimum atomic E-state index is -1.25. The molecule has 1 heterocycles. The third-order valence-electron chi connectivity index (χ3n) is 2.38. The third kappa shape index (κ3) is 3.54. The lowest BCUT2D eigenvalue weighted by atomic mass is 10.0. The minimum Gasteiger partial charge on any atom is -0.480 e. The molecule has 4 nitrogen and oxygen atoms in total. The Bertz CT molecular complexity index is 442. The Balaban J connectivity index is 2.75. The quantitative estimate of drug-likeness (QED) is 0.896. The van der Waals surface area contributed by atoms with Gasteiger partial charge >= 0.3 is 5.97 Å². The van der Waals surface area contributed by atoms with Gasteiger partial charge in [0.1, 0.15) is 5.54 Å². The van der Waals surface area contributed by atoms with Crippen molar-refractivity contribution in [3.63, 3.8) is 0 Å². The summed E-state index contributed by atoms with van der Waals surface area (Å²) >= 11 is 4.79. The van der Waals surface area contributed by atoms with E-state index >= 15 is 0 Å². The van der Waals surface area contributed by atoms with E-state index in [0.717, 1.165) is 8.66 Å². The van der Waals surface area contributed by atoms with Crippen LogP contribution < -0.4 is 5.32 Å². The number of thiophene rings is 1. The van der Waals surface area contributed by atoms with Crippen molar-refractivity contribution >= 4 is 39.1 Å². The zero-order valence-electron chi connectivity index (χ0n) is 9.78. The fraction of sp³-hybridized carbons (Fsp3) is 0.455. The molecule has 0 saturated carbocycles. The van der Waals surface area contributed by atoms with Crippen LogP contribution in [0.3, 0.4) is 0 Å². The fourth-order valence-electron chi connectivity index (χ4n) is 1.16. The molecule has 6 heteroatoms. The van der Waals surface area contributed by atoms with Crippen LogP contribution in [-0.4, -0.2) is 22.5 Å². The maximum atomic E-state index is 11.9. The molecular weight excluding hydrogens is 306 g/mol. The van der Waals surface area contributed by atoms with Crippen LogP contribution in [0.5, 0.6) is 0 Å². The highest BCUT2D eigenvalue weighted by Gasteiger charge is 2.31. The van der Waals surface area contributed by atoms with Gasteiger partial charge in [-0.25, -0.2) is 4.79 Å². The van der Waals surface area contributed by atoms with Crippen molar-refractivity contribution in [3.05, 3.63) is 20.8 Å². The first kappa shape index (κ1) is 14.2. The highest BCUT2D eigenvalue weighted by Crippen LogP contribution is 2.28. The van der Waals surface area contributed by atoms with Crippen LogP contribution in [0.15, 0.2) is 15.9 Å². The number of nitrogens with one attached hydrogen (secondary N) is 1. The Hall–Kier alpha value is -0.880. The van der Waals surface area contributed by atoms with Crippen molar-refractivity contribution in [2.45, 2.75) is 32.2 Å². The molecule has 0 aromatic carbocycles. The zero-order valence-corrected chi connectivity index (χ0v) is 12.2. The maximum Gasteiger partial charge on any atom is 0.328 e. The van der Waals surface area contributed by atoms with Gasteiger partial charge in [-0.1, -0.05) is 0 Å². The molecule has 1 rings (SSSR count). The van der Waals surface area contributed by atoms with Gasteiger partial charge in [-0.15, -0.1) is 11.3 Å². The molecule has 0 aliphatic rings. The molecule has 1 unspecified atom stereocenters. The molecular formula is C11H14BrNO3S. The molecule has 1 aromatic rings. The van der Waals surface area contributed by atoms with Crippen molar-refractivity contribution in [1.82, 2.24) is 5.32 Å². The van der Waals surface area contributed by atoms with E-state index in [1.54, 1.807) is 6.92 Å². The van der Waals surface area contributed by atoms with Gasteiger partial charge in [0.25, 0.3) is 0 Å². The first-order chi connectivity index (χ1) is 7.74. The molecule has 17 heavy (non-hydrogen) atoms. The fourth-order valence-corrected chi connectivity index (χ4v) is 2.63. The van der Waals surface area contributed by atoms with Gasteiger partial charge in [-0.05, 0) is 48.8 Å². The lowest BCUT2D eigenvalue weighted by Gasteiger charge is -2.23. The van der Waals surface area contributed by atoms with E-state index in [2.05, 4.69) is 21.2 Å². The number of carbonyl (C=O) groups excluding carboxylic acids is 1. The number of carboxylic acids is 1. The number of amides is 1. The molecule has 2 N–H and O–H groups in total. The minimum absolute atomic E-state index is 0.285. The van der Waals surface area contributed by atoms with Crippen LogP contribution in [0.4, 0.5) is 0 Å². The molecule has 1 aromatic heterocycles. The van der Waals surface area contributed by atoms with E-state index in [9.17, 15) is 9.59 Å². The Morgan fingerprint density at radius 1 is 1.47 bits per heavy atom. The number of hydrogen-bond acceptors (Lipinski definition) is 3. The smallest absolute Gasteiger partial charge is 0.328 e. The van der Waals surface area contributed by atoms with Crippen molar-refractivity contribution in [3.8, 4) is 0 Å². The molecule has 0 aliphatic carbocycles. The van der Waals surface area contributed by atoms with Crippen molar-refractivity contribution in [1.29, 1.82) is 0 Å². The zero-order chi connectivity index (χ0) is 13.2. The van der Waals surface area contributed by atoms with Crippen molar-refractivity contribution < 1.29 is 14.7 Å². The largest absolute Gasteiger partial charge is 0.480 e. The molecule has 1 atom stereocenters. The number of halogens is 1. The normalized spacial score (nSPS) is 13.2. The SMILES string of the molecule is CC(C(=O)NC(C)(C)C(=O)O)c1ccc(Br)s1. The van der Waals surface area contributed by atoms with E-state index in [0.29, 0.717) is 0 Å². The molecule has 94 valence electrons. The van der Waals surface area contributed by atoms with Crippen LogP contribution in [0, 0.1) is 0 Å². The standard InChI is InChI=1S/C11H14BrNO3S/c1-6(7-4-5-8(12)17-7)9(14)13-11(2,3)10(15)16/h4-6H,1-3H3,(H,13,14)(H,15,16). The predicted molar refractivity (Wildman–Crippen MR) is 70.3 cm³/mol. The summed E-state index contributed by atoms with van der Waals surface area (Å²) in [6, 6.07) is 3.72. The van der Waals surface area contributed by atoms with Gasteiger partial charge in [0.2, 0.25) is 5.91 Å². The molecule has 0 bridgehead atoms. The van der Waals surface area contributed by atoms with Gasteiger partial charge in [-0.2, -0.15) is 0 Å². The Morgan fingerprint density at radius 2 is 2.06 bits per heavy atom. The van der Waals surface area contributed by atoms with Gasteiger partial charge in [0.05, 0.1) is 9.70 Å². The molecule has 0 aliphatic heterocycles. The first-order valence-electron chi connectivity index (χ1n) is 5.04. The molecule has 0 spiro atoms. The average Bonchev–Trinajstić information content (AvgIpc) is 2.62. The summed E-state index contributed by atoms with van der Waals surface area (Å²) in [6.07, 6.45) is 0. The number of carbonyl (C=O) groups is 2. The Morgan fingerprint density at radius 3 is 2.47 bits per heavy atom. The van der Waals surface area contributed by atoms with Gasteiger partial charge in [0, 0.05) is 4.88 Å². The van der Waals surface area contributed by atoms with Gasteiger partial charge < -0.3 is 10.4 Å². The Labute approximate surface area is 112 Å². The average molecular weight is 320 g/mol. The van der Waals surface area contributed by atoms with Crippen molar-refractivity contribution in [2.75, 3.05) is 0 Å². The van der Waals surface area contributed by atoms with Crippen molar-refractivity contribution in [2.24, 2.45) is 0 Å². The monoisotopic (exact) mass is 319 g/mol. The van der Waals surface area contributed by atoms with Gasteiger partial charge in [0.15, 0.2) is 0 Å². The summed E-state index contributed by atoms with van der Waals surface area (Å²) < 4.78 is 0.949. The molecule has 0 saturated heterocycles. The number of carboxylic acid groups (broad SMARTS) is 1. The van der Waals surface area contributed by atoms with E-state index in [1.807, 2.05) is 12.1 Å². The van der Waals surface area contributed by atoms with E-state index < -0.39 is 11.5 Å². The van der Waals surface area contributed by atoms with Crippen LogP contribution in [0.2, 0.25) is 0 Å². The first-order valence-corrected chi connectivity index (χ1v) is 6.65. The van der Waals surface area contributed by atoms with Gasteiger partial charge in [-0.3, -0.25) is 4.79 Å². The topological polar surface area (TPSA) is 66.4 Å². The number of hydrogen-bond donors (Lipinski definition) is 2. The summed E-state index contributed by atoms with van der Waals surface area (Å²) in [4.78, 5) is 23.7. The van der Waals surface area contributed by atoms with Crippen LogP contribution >= 0.6 is 27.3 Å². The van der Waals surface area contributed by atoms with E-state index in [-0.39, 0.29) is 11.8 Å². The summed E-state index contributed by atoms with van der Waals surface area (Å²) in [7, 11) is 0. The van der Waals surface area contributed by atoms with Crippen LogP contribution in [0.25, 0.3) is 0 Å². The lowest BCUT2D eigenvalue weighted by Crippen LogP contribution is -2.50. The van der Waals surface area contributed by atoms with Crippen LogP contribution in [-0.2, 0) is 9.59 Å².